The lowest BCUT2D eigenvalue weighted by Crippen LogP contribution is -2.64. The fraction of sp³-hybridized carbons (Fsp3) is 0.797. The van der Waals surface area contributed by atoms with Crippen molar-refractivity contribution >= 4 is 70.6 Å². The molecule has 520 valence electrons. The first kappa shape index (κ1) is 83.0. The summed E-state index contributed by atoms with van der Waals surface area (Å²) in [5.74, 6) is -12.4. The van der Waals surface area contributed by atoms with Gasteiger partial charge in [-0.25, -0.2) is 0 Å². The van der Waals surface area contributed by atoms with Crippen LogP contribution in [-0.2, 0) is 67.0 Å². The molecule has 0 radical (unpaired) electrons. The van der Waals surface area contributed by atoms with Crippen LogP contribution in [0.3, 0.4) is 0 Å². The Morgan fingerprint density at radius 3 is 1.40 bits per heavy atom. The highest BCUT2D eigenvalue weighted by Gasteiger charge is 2.48. The van der Waals surface area contributed by atoms with Gasteiger partial charge in [-0.1, -0.05) is 123 Å². The Labute approximate surface area is 546 Å². The minimum Gasteiger partial charge on any atom is -0.459 e. The van der Waals surface area contributed by atoms with E-state index in [1.165, 1.54) is 92.8 Å². The third-order valence-electron chi connectivity index (χ3n) is 18.2. The minimum absolute atomic E-state index is 0.00568. The monoisotopic (exact) mass is 1280 g/mol. The first-order chi connectivity index (χ1) is 42.1. The highest BCUT2D eigenvalue weighted by molar-refractivity contribution is 6.00. The zero-order valence-corrected chi connectivity index (χ0v) is 60.5. The van der Waals surface area contributed by atoms with Gasteiger partial charge >= 0.3 is 5.97 Å². The van der Waals surface area contributed by atoms with E-state index < -0.39 is 155 Å². The molecule has 1 N–H and O–H groups in total. The largest absolute Gasteiger partial charge is 0.459 e. The molecule has 0 aromatic carbocycles. The molecule has 8 amide bonds. The van der Waals surface area contributed by atoms with Crippen LogP contribution in [-0.4, -0.2) is 222 Å². The zero-order chi connectivity index (χ0) is 70.5. The van der Waals surface area contributed by atoms with Crippen molar-refractivity contribution < 1.29 is 67.0 Å². The Morgan fingerprint density at radius 2 is 0.945 bits per heavy atom. The summed E-state index contributed by atoms with van der Waals surface area (Å²) in [7, 11) is 11.7. The van der Waals surface area contributed by atoms with Crippen molar-refractivity contribution in [2.45, 2.75) is 237 Å². The van der Waals surface area contributed by atoms with Gasteiger partial charge in [0.25, 0.3) is 0 Å². The van der Waals surface area contributed by atoms with E-state index in [1.54, 1.807) is 82.2 Å². The second-order valence-corrected chi connectivity index (χ2v) is 28.0. The van der Waals surface area contributed by atoms with Crippen LogP contribution in [0.2, 0.25) is 0 Å². The van der Waals surface area contributed by atoms with Gasteiger partial charge in [0.2, 0.25) is 47.3 Å². The van der Waals surface area contributed by atoms with Crippen LogP contribution in [0.4, 0.5) is 0 Å². The van der Waals surface area contributed by atoms with Gasteiger partial charge in [0.15, 0.2) is 11.6 Å². The van der Waals surface area contributed by atoms with Gasteiger partial charge in [-0.2, -0.15) is 0 Å². The molecule has 22 heteroatoms. The maximum absolute atomic E-state index is 15.5. The smallest absolute Gasteiger partial charge is 0.303 e. The Balaban J connectivity index is 4.56. The highest BCUT2D eigenvalue weighted by atomic mass is 16.5. The van der Waals surface area contributed by atoms with E-state index in [-0.39, 0.29) is 87.3 Å². The van der Waals surface area contributed by atoms with Crippen molar-refractivity contribution in [3.8, 4) is 0 Å². The topological polar surface area (TPSA) is 258 Å². The van der Waals surface area contributed by atoms with E-state index in [1.807, 2.05) is 47.6 Å². The van der Waals surface area contributed by atoms with Gasteiger partial charge in [0.1, 0.15) is 48.1 Å². The summed E-state index contributed by atoms with van der Waals surface area (Å²) in [5, 5.41) is 2.84. The van der Waals surface area contributed by atoms with Crippen molar-refractivity contribution in [2.75, 3.05) is 63.1 Å². The van der Waals surface area contributed by atoms with E-state index in [9.17, 15) is 38.4 Å². The number of methoxy groups -OCH3 is 1. The van der Waals surface area contributed by atoms with E-state index in [4.69, 9.17) is 9.47 Å². The summed E-state index contributed by atoms with van der Waals surface area (Å²) >= 11 is 0. The molecule has 0 aromatic rings. The number of rotatable bonds is 18. The Morgan fingerprint density at radius 1 is 0.505 bits per heavy atom. The van der Waals surface area contributed by atoms with Crippen LogP contribution in [0.15, 0.2) is 12.2 Å². The lowest BCUT2D eigenvalue weighted by molar-refractivity contribution is -0.164. The number of carbonyl (C=O) groups excluding carboxylic acids is 12. The Hall–Kier alpha value is -6.06. The number of Topliss-reactive ketones (excluding diaryl/α,β-unsaturated/α-hetero) is 3. The molecule has 1 aliphatic rings. The number of hydrogen-bond acceptors (Lipinski definition) is 14. The Kier molecular flexibility index (Phi) is 34.8. The molecule has 0 bridgehead atoms. The average Bonchev–Trinajstić information content (AvgIpc) is 1.12. The van der Waals surface area contributed by atoms with Gasteiger partial charge in [-0.3, -0.25) is 57.5 Å². The normalized spacial score (nSPS) is 27.2. The van der Waals surface area contributed by atoms with Crippen LogP contribution < -0.4 is 5.32 Å². The summed E-state index contributed by atoms with van der Waals surface area (Å²) in [6.07, 6.45) is 2.39. The van der Waals surface area contributed by atoms with E-state index >= 15 is 19.2 Å². The minimum atomic E-state index is -1.61. The fourth-order valence-electron chi connectivity index (χ4n) is 12.7. The van der Waals surface area contributed by atoms with E-state index in [2.05, 4.69) is 5.32 Å². The first-order valence-corrected chi connectivity index (χ1v) is 33.2. The SMILES string of the molecule is C/C=C/C[C@@H](C)[C@@H](OC(C)=O)[C@H]1C(=O)N[C@@H](CC)C(=O)N(C)[C@H](CC)C(=O)N(C)[C@@H]([C@H](C)COC)C(=O)C[C@@H](C(C)C)C(=O)N(C)[C@@H](CC(C)C)C(=O)C[C@@H](C)C(=O)C[C@H](C)C(=O)N(C)[C@@H](CC(C)C)C(=O)N(C)[C@@H](CC(C)C)C(=O)N(C)[C@@H](C(C)C)C(=O)N1C. The number of nitrogens with zero attached hydrogens (tertiary/aromatic N) is 7. The fourth-order valence-corrected chi connectivity index (χ4v) is 12.7. The van der Waals surface area contributed by atoms with Crippen molar-refractivity contribution in [3.63, 3.8) is 0 Å². The second-order valence-electron chi connectivity index (χ2n) is 28.0. The first-order valence-electron chi connectivity index (χ1n) is 33.2. The standard InChI is InChI=1S/C69H120N8O14/c1-27-30-31-44(14)61(91-48(18)78)60-62(82)70-50(28-2)65(85)71(19)51(29-3)66(86)76(24)59(47(17)38-90-26)57(81)37-49(42(10)11)64(84)72(20)52(32-39(4)5)56(80)35-45(15)55(79)36-46(16)63(83)73(21)53(33-40(6)7)67(87)74(22)54(34-41(8)9)68(88)75(23)58(43(12)13)69(89)77(60)25/h27,30,39-47,49-54,58-61H,28-29,31-38H2,1-26H3,(H,70,82)/b30-27+/t44-,45-,46+,47-,49+,50+,51-,52+,53+,54+,58+,59+,60+,61-/m1/s1. The molecule has 14 atom stereocenters. The molecule has 1 aliphatic heterocycles. The summed E-state index contributed by atoms with van der Waals surface area (Å²) in [6, 6.07) is -9.82. The molecule has 1 rings (SSSR count). The molecular formula is C69H120N8O14. The number of allylic oxidation sites excluding steroid dienone is 2. The molecule has 0 saturated carbocycles. The van der Waals surface area contributed by atoms with E-state index in [0.717, 1.165) is 4.90 Å². The third kappa shape index (κ3) is 22.9. The summed E-state index contributed by atoms with van der Waals surface area (Å²) < 4.78 is 11.5. The van der Waals surface area contributed by atoms with Crippen LogP contribution in [0, 0.1) is 59.2 Å². The number of esters is 1. The molecule has 22 nitrogen and oxygen atoms in total. The van der Waals surface area contributed by atoms with Crippen molar-refractivity contribution in [3.05, 3.63) is 12.2 Å². The predicted octanol–water partition coefficient (Wildman–Crippen LogP) is 7.13. The van der Waals surface area contributed by atoms with Gasteiger partial charge in [0.05, 0.1) is 18.7 Å². The molecule has 1 heterocycles. The maximum atomic E-state index is 15.5. The molecule has 0 spiro atoms. The predicted molar refractivity (Wildman–Crippen MR) is 352 cm³/mol. The zero-order valence-electron chi connectivity index (χ0n) is 60.5. The van der Waals surface area contributed by atoms with Crippen molar-refractivity contribution in [1.29, 1.82) is 0 Å². The number of ether oxygens (including phenoxy) is 2. The molecular weight excluding hydrogens is 1160 g/mol. The van der Waals surface area contributed by atoms with Gasteiger partial charge in [-0.05, 0) is 81.0 Å². The number of nitrogens with one attached hydrogen (secondary N) is 1. The average molecular weight is 1290 g/mol. The molecule has 0 aromatic heterocycles. The highest BCUT2D eigenvalue weighted by Crippen LogP contribution is 2.30. The lowest BCUT2D eigenvalue weighted by Gasteiger charge is -2.42. The van der Waals surface area contributed by atoms with Crippen LogP contribution >= 0.6 is 0 Å². The van der Waals surface area contributed by atoms with Crippen LogP contribution in [0.5, 0.6) is 0 Å². The number of carbonyl (C=O) groups is 12. The Bertz CT molecular complexity index is 2520. The van der Waals surface area contributed by atoms with Gasteiger partial charge in [-0.15, -0.1) is 0 Å². The molecule has 0 aliphatic carbocycles. The van der Waals surface area contributed by atoms with Crippen molar-refractivity contribution in [1.82, 2.24) is 39.6 Å². The lowest BCUT2D eigenvalue weighted by atomic mass is 9.83. The maximum Gasteiger partial charge on any atom is 0.303 e. The third-order valence-corrected chi connectivity index (χ3v) is 18.2. The van der Waals surface area contributed by atoms with Gasteiger partial charge < -0.3 is 49.1 Å². The molecule has 0 unspecified atom stereocenters. The number of ketones is 3. The quantitative estimate of drug-likeness (QED) is 0.106. The van der Waals surface area contributed by atoms with E-state index in [0.29, 0.717) is 6.42 Å². The summed E-state index contributed by atoms with van der Waals surface area (Å²) in [5.41, 5.74) is 0. The summed E-state index contributed by atoms with van der Waals surface area (Å²) in [4.78, 5) is 186. The summed E-state index contributed by atoms with van der Waals surface area (Å²) in [6.45, 7) is 31.5. The molecule has 91 heavy (non-hydrogen) atoms. The van der Waals surface area contributed by atoms with Gasteiger partial charge in [0, 0.05) is 106 Å². The number of hydrogen-bond donors (Lipinski definition) is 1. The number of likely N-dealkylation sites (N-methyl/N-ethyl adjacent to an activating group) is 7. The van der Waals surface area contributed by atoms with Crippen LogP contribution in [0.1, 0.15) is 182 Å². The van der Waals surface area contributed by atoms with Crippen molar-refractivity contribution in [2.24, 2.45) is 59.2 Å². The van der Waals surface area contributed by atoms with Crippen LogP contribution in [0.25, 0.3) is 0 Å². The number of amides is 8. The molecule has 1 fully saturated rings. The molecule has 1 saturated heterocycles. The second kappa shape index (κ2) is 38.2.